The van der Waals surface area contributed by atoms with Gasteiger partial charge in [0.05, 0.1) is 16.2 Å². The van der Waals surface area contributed by atoms with E-state index in [2.05, 4.69) is 62.8 Å². The number of nitrogens with zero attached hydrogens (tertiary/aromatic N) is 2. The predicted octanol–water partition coefficient (Wildman–Crippen LogP) is 6.68. The number of benzene rings is 2. The molecule has 3 rings (SSSR count). The second-order valence-corrected chi connectivity index (χ2v) is 7.96. The Morgan fingerprint density at radius 3 is 2.48 bits per heavy atom. The minimum absolute atomic E-state index is 0.00988. The lowest BCUT2D eigenvalue weighted by molar-refractivity contribution is 0.597. The van der Waals surface area contributed by atoms with Gasteiger partial charge in [0.25, 0.3) is 0 Å². The lowest BCUT2D eigenvalue weighted by atomic mass is 9.87. The first-order valence-corrected chi connectivity index (χ1v) is 9.02. The van der Waals surface area contributed by atoms with E-state index in [9.17, 15) is 0 Å². The summed E-state index contributed by atoms with van der Waals surface area (Å²) in [4.78, 5) is 6.87. The van der Waals surface area contributed by atoms with Crippen LogP contribution in [0.25, 0.3) is 5.57 Å². The molecule has 4 heteroatoms. The lowest BCUT2D eigenvalue weighted by Gasteiger charge is -2.41. The maximum atomic E-state index is 6.21. The molecule has 0 atom stereocenters. The maximum absolute atomic E-state index is 6.21. The molecule has 0 aromatic heterocycles. The fraction of sp³-hybridized carbons (Fsp3) is 0.286. The van der Waals surface area contributed by atoms with Gasteiger partial charge >= 0.3 is 0 Å². The number of allylic oxidation sites excluding steroid dienone is 1. The highest BCUT2D eigenvalue weighted by Crippen LogP contribution is 2.39. The molecular weight excluding hydrogens is 351 g/mol. The fourth-order valence-corrected chi connectivity index (χ4v) is 3.64. The van der Waals surface area contributed by atoms with Gasteiger partial charge in [0, 0.05) is 29.5 Å². The van der Waals surface area contributed by atoms with Crippen molar-refractivity contribution in [1.82, 2.24) is 0 Å². The van der Waals surface area contributed by atoms with Gasteiger partial charge in [-0.15, -0.1) is 0 Å². The van der Waals surface area contributed by atoms with E-state index < -0.39 is 0 Å². The van der Waals surface area contributed by atoms with Crippen LogP contribution in [0.4, 0.5) is 11.4 Å². The van der Waals surface area contributed by atoms with Crippen LogP contribution in [0.2, 0.25) is 10.0 Å². The molecule has 0 radical (unpaired) electrons. The summed E-state index contributed by atoms with van der Waals surface area (Å²) in [5.41, 5.74) is 6.79. The van der Waals surface area contributed by atoms with E-state index in [0.717, 1.165) is 5.56 Å². The second kappa shape index (κ2) is 6.51. The van der Waals surface area contributed by atoms with Crippen molar-refractivity contribution in [3.8, 4) is 0 Å². The van der Waals surface area contributed by atoms with Crippen molar-refractivity contribution in [3.05, 3.63) is 63.1 Å². The zero-order valence-electron chi connectivity index (χ0n) is 15.2. The number of aryl methyl sites for hydroxylation is 1. The monoisotopic (exact) mass is 372 g/mol. The predicted molar refractivity (Wildman–Crippen MR) is 111 cm³/mol. The van der Waals surface area contributed by atoms with Gasteiger partial charge in [-0.1, -0.05) is 29.3 Å². The van der Waals surface area contributed by atoms with Crippen LogP contribution in [0.5, 0.6) is 0 Å². The Morgan fingerprint density at radius 2 is 1.80 bits per heavy atom. The van der Waals surface area contributed by atoms with Gasteiger partial charge in [0.15, 0.2) is 0 Å². The summed E-state index contributed by atoms with van der Waals surface area (Å²) in [6, 6.07) is 9.77. The molecule has 130 valence electrons. The van der Waals surface area contributed by atoms with E-state index in [1.54, 1.807) is 12.1 Å². The molecule has 0 fully saturated rings. The Hall–Kier alpha value is -1.77. The number of halogens is 2. The van der Waals surface area contributed by atoms with Crippen LogP contribution in [0, 0.1) is 6.92 Å². The van der Waals surface area contributed by atoms with E-state index in [1.165, 1.54) is 22.4 Å². The largest absolute Gasteiger partial charge is 0.365 e. The van der Waals surface area contributed by atoms with Crippen molar-refractivity contribution in [2.24, 2.45) is 4.99 Å². The van der Waals surface area contributed by atoms with Crippen molar-refractivity contribution < 1.29 is 0 Å². The first-order chi connectivity index (χ1) is 11.7. The summed E-state index contributed by atoms with van der Waals surface area (Å²) in [7, 11) is 2.14. The summed E-state index contributed by atoms with van der Waals surface area (Å²) in [6.45, 7) is 8.73. The van der Waals surface area contributed by atoms with Gasteiger partial charge < -0.3 is 4.90 Å². The van der Waals surface area contributed by atoms with Crippen LogP contribution in [0.1, 0.15) is 37.5 Å². The molecule has 1 aliphatic heterocycles. The molecule has 0 N–H and O–H groups in total. The third kappa shape index (κ3) is 3.47. The zero-order chi connectivity index (χ0) is 18.4. The molecule has 1 heterocycles. The highest BCUT2D eigenvalue weighted by Gasteiger charge is 2.28. The lowest BCUT2D eigenvalue weighted by Crippen LogP contribution is -2.42. The molecule has 0 saturated carbocycles. The van der Waals surface area contributed by atoms with Gasteiger partial charge in [-0.2, -0.15) is 0 Å². The van der Waals surface area contributed by atoms with Gasteiger partial charge in [-0.25, -0.2) is 0 Å². The Bertz CT molecular complexity index is 895. The Morgan fingerprint density at radius 1 is 1.08 bits per heavy atom. The first kappa shape index (κ1) is 18.0. The van der Waals surface area contributed by atoms with Crippen LogP contribution in [0.3, 0.4) is 0 Å². The SMILES string of the molecule is CC1=CC(C)(C)N(C)c2cc(C)c(C=Nc3ccc(Cl)cc3Cl)cc21. The normalized spacial score (nSPS) is 16.1. The molecule has 0 bridgehead atoms. The van der Waals surface area contributed by atoms with Crippen LogP contribution >= 0.6 is 23.2 Å². The molecular formula is C21H22Cl2N2. The summed E-state index contributed by atoms with van der Waals surface area (Å²) < 4.78 is 0. The van der Waals surface area contributed by atoms with Gasteiger partial charge in [-0.05, 0) is 74.7 Å². The van der Waals surface area contributed by atoms with Crippen LogP contribution in [0.15, 0.2) is 41.4 Å². The van der Waals surface area contributed by atoms with E-state index in [1.807, 2.05) is 12.3 Å². The van der Waals surface area contributed by atoms with Crippen molar-refractivity contribution in [3.63, 3.8) is 0 Å². The van der Waals surface area contributed by atoms with Crippen LogP contribution in [-0.4, -0.2) is 18.8 Å². The number of anilines is 1. The van der Waals surface area contributed by atoms with Crippen LogP contribution in [-0.2, 0) is 0 Å². The molecule has 0 amide bonds. The van der Waals surface area contributed by atoms with E-state index >= 15 is 0 Å². The fourth-order valence-electron chi connectivity index (χ4n) is 3.18. The number of rotatable bonds is 2. The van der Waals surface area contributed by atoms with Gasteiger partial charge in [0.2, 0.25) is 0 Å². The average Bonchev–Trinajstić information content (AvgIpc) is 2.52. The van der Waals surface area contributed by atoms with Gasteiger partial charge in [0.1, 0.15) is 0 Å². The summed E-state index contributed by atoms with van der Waals surface area (Å²) >= 11 is 12.2. The molecule has 25 heavy (non-hydrogen) atoms. The zero-order valence-corrected chi connectivity index (χ0v) is 16.7. The topological polar surface area (TPSA) is 15.6 Å². The van der Waals surface area contributed by atoms with Gasteiger partial charge in [-0.3, -0.25) is 4.99 Å². The number of hydrogen-bond acceptors (Lipinski definition) is 2. The standard InChI is InChI=1S/C21H22Cl2N2/c1-13-8-20-17(14(2)11-21(3,4)25(20)5)9-15(13)12-24-19-7-6-16(22)10-18(19)23/h6-12H,1-5H3. The highest BCUT2D eigenvalue weighted by atomic mass is 35.5. The first-order valence-electron chi connectivity index (χ1n) is 8.26. The van der Waals surface area contributed by atoms with E-state index in [0.29, 0.717) is 15.7 Å². The van der Waals surface area contributed by atoms with Crippen molar-refractivity contribution >= 4 is 46.4 Å². The highest BCUT2D eigenvalue weighted by molar-refractivity contribution is 6.36. The summed E-state index contributed by atoms with van der Waals surface area (Å²) in [5, 5.41) is 1.16. The second-order valence-electron chi connectivity index (χ2n) is 7.12. The molecule has 0 aliphatic carbocycles. The number of aliphatic imine (C=N–C) groups is 1. The van der Waals surface area contributed by atoms with E-state index in [-0.39, 0.29) is 5.54 Å². The number of hydrogen-bond donors (Lipinski definition) is 0. The number of likely N-dealkylation sites (N-methyl/N-ethyl adjacent to an activating group) is 1. The molecule has 2 nitrogen and oxygen atoms in total. The molecule has 0 spiro atoms. The summed E-state index contributed by atoms with van der Waals surface area (Å²) in [6.07, 6.45) is 4.18. The minimum Gasteiger partial charge on any atom is -0.365 e. The Kier molecular flexibility index (Phi) is 4.70. The summed E-state index contributed by atoms with van der Waals surface area (Å²) in [5.74, 6) is 0. The molecule has 2 aromatic carbocycles. The van der Waals surface area contributed by atoms with Crippen LogP contribution < -0.4 is 4.90 Å². The minimum atomic E-state index is 0.00988. The molecule has 0 unspecified atom stereocenters. The molecule has 0 saturated heterocycles. The Balaban J connectivity index is 2.02. The smallest absolute Gasteiger partial charge is 0.0817 e. The number of fused-ring (bicyclic) bond motifs is 1. The Labute approximate surface area is 159 Å². The molecule has 1 aliphatic rings. The quantitative estimate of drug-likeness (QED) is 0.536. The van der Waals surface area contributed by atoms with Crippen molar-refractivity contribution in [1.29, 1.82) is 0 Å². The molecule has 2 aromatic rings. The van der Waals surface area contributed by atoms with Crippen molar-refractivity contribution in [2.45, 2.75) is 33.2 Å². The third-order valence-electron chi connectivity index (χ3n) is 4.86. The third-order valence-corrected chi connectivity index (χ3v) is 5.40. The van der Waals surface area contributed by atoms with Crippen molar-refractivity contribution in [2.75, 3.05) is 11.9 Å². The average molecular weight is 373 g/mol. The maximum Gasteiger partial charge on any atom is 0.0817 e. The van der Waals surface area contributed by atoms with E-state index in [4.69, 9.17) is 23.2 Å².